The van der Waals surface area contributed by atoms with Crippen molar-refractivity contribution in [1.29, 1.82) is 0 Å². The summed E-state index contributed by atoms with van der Waals surface area (Å²) in [6.45, 7) is 1.53. The highest BCUT2D eigenvalue weighted by molar-refractivity contribution is 5.96. The minimum absolute atomic E-state index is 0.0215. The Kier molecular flexibility index (Phi) is 4.27. The van der Waals surface area contributed by atoms with Crippen molar-refractivity contribution in [1.82, 2.24) is 5.32 Å². The summed E-state index contributed by atoms with van der Waals surface area (Å²) >= 11 is 0. The van der Waals surface area contributed by atoms with Gasteiger partial charge in [0.05, 0.1) is 4.92 Å². The average Bonchev–Trinajstić information content (AvgIpc) is 2.46. The van der Waals surface area contributed by atoms with Crippen LogP contribution < -0.4 is 5.32 Å². The molecule has 0 fully saturated rings. The number of nitrogens with zero attached hydrogens (tertiary/aromatic N) is 1. The summed E-state index contributed by atoms with van der Waals surface area (Å²) in [5.74, 6) is -0.881. The van der Waals surface area contributed by atoms with Crippen LogP contribution in [0.25, 0.3) is 0 Å². The number of carbonyl (C=O) groups is 1. The Balaban J connectivity index is 2.16. The van der Waals surface area contributed by atoms with Crippen LogP contribution >= 0.6 is 0 Å². The third-order valence-corrected chi connectivity index (χ3v) is 3.14. The molecule has 0 radical (unpaired) electrons. The van der Waals surface area contributed by atoms with Gasteiger partial charge in [0.2, 0.25) is 0 Å². The van der Waals surface area contributed by atoms with E-state index in [9.17, 15) is 19.3 Å². The highest BCUT2D eigenvalue weighted by Gasteiger charge is 2.17. The van der Waals surface area contributed by atoms with Crippen molar-refractivity contribution in [3.63, 3.8) is 0 Å². The van der Waals surface area contributed by atoms with Gasteiger partial charge in [0.1, 0.15) is 5.82 Å². The third kappa shape index (κ3) is 3.22. The largest absolute Gasteiger partial charge is 0.348 e. The van der Waals surface area contributed by atoms with Gasteiger partial charge in [-0.05, 0) is 19.1 Å². The van der Waals surface area contributed by atoms with Gasteiger partial charge in [-0.25, -0.2) is 4.39 Å². The molecule has 2 aromatic rings. The molecule has 0 atom stereocenters. The molecular formula is C15H13FN2O3. The van der Waals surface area contributed by atoms with Crippen molar-refractivity contribution >= 4 is 11.6 Å². The number of nitrogens with one attached hydrogen (secondary N) is 1. The molecule has 0 aliphatic heterocycles. The molecule has 0 spiro atoms. The van der Waals surface area contributed by atoms with E-state index in [0.717, 1.165) is 0 Å². The number of nitro groups is 1. The highest BCUT2D eigenvalue weighted by atomic mass is 19.1. The number of halogens is 1. The highest BCUT2D eigenvalue weighted by Crippen LogP contribution is 2.21. The van der Waals surface area contributed by atoms with Gasteiger partial charge >= 0.3 is 0 Å². The molecule has 6 heteroatoms. The lowest BCUT2D eigenvalue weighted by Gasteiger charge is -2.08. The lowest BCUT2D eigenvalue weighted by atomic mass is 10.1. The van der Waals surface area contributed by atoms with Gasteiger partial charge in [0.15, 0.2) is 0 Å². The van der Waals surface area contributed by atoms with Crippen molar-refractivity contribution in [2.45, 2.75) is 13.5 Å². The molecule has 0 bridgehead atoms. The number of hydrogen-bond donors (Lipinski definition) is 1. The van der Waals surface area contributed by atoms with Crippen LogP contribution in [0.3, 0.4) is 0 Å². The van der Waals surface area contributed by atoms with Gasteiger partial charge in [0, 0.05) is 29.3 Å². The van der Waals surface area contributed by atoms with Crippen molar-refractivity contribution in [3.8, 4) is 0 Å². The molecule has 0 aromatic heterocycles. The fourth-order valence-corrected chi connectivity index (χ4v) is 1.98. The molecule has 0 saturated carbocycles. The van der Waals surface area contributed by atoms with Crippen LogP contribution in [-0.4, -0.2) is 10.8 Å². The van der Waals surface area contributed by atoms with Crippen molar-refractivity contribution in [2.75, 3.05) is 0 Å². The lowest BCUT2D eigenvalue weighted by Crippen LogP contribution is -2.24. The molecule has 1 N–H and O–H groups in total. The first-order valence-electron chi connectivity index (χ1n) is 6.26. The van der Waals surface area contributed by atoms with Crippen molar-refractivity contribution < 1.29 is 14.1 Å². The summed E-state index contributed by atoms with van der Waals surface area (Å²) in [4.78, 5) is 22.4. The number of amides is 1. The van der Waals surface area contributed by atoms with Crippen LogP contribution in [0.5, 0.6) is 0 Å². The molecule has 0 aliphatic rings. The summed E-state index contributed by atoms with van der Waals surface area (Å²) in [6.07, 6.45) is 0. The van der Waals surface area contributed by atoms with E-state index in [4.69, 9.17) is 0 Å². The molecule has 2 aromatic carbocycles. The van der Waals surface area contributed by atoms with Gasteiger partial charge in [-0.3, -0.25) is 14.9 Å². The second-order valence-electron chi connectivity index (χ2n) is 4.48. The topological polar surface area (TPSA) is 72.2 Å². The maximum atomic E-state index is 13.5. The molecule has 0 aliphatic carbocycles. The maximum absolute atomic E-state index is 13.5. The Bertz CT molecular complexity index is 701. The molecule has 1 amide bonds. The normalized spacial score (nSPS) is 10.2. The predicted molar refractivity (Wildman–Crippen MR) is 75.4 cm³/mol. The van der Waals surface area contributed by atoms with Gasteiger partial charge in [-0.2, -0.15) is 0 Å². The van der Waals surface area contributed by atoms with E-state index >= 15 is 0 Å². The Hall–Kier alpha value is -2.76. The Morgan fingerprint density at radius 2 is 1.95 bits per heavy atom. The summed E-state index contributed by atoms with van der Waals surface area (Å²) in [5, 5.41) is 13.4. The van der Waals surface area contributed by atoms with Crippen LogP contribution in [0, 0.1) is 22.9 Å². The predicted octanol–water partition coefficient (Wildman–Crippen LogP) is 2.97. The minimum atomic E-state index is -0.539. The number of carbonyl (C=O) groups excluding carboxylic acids is 1. The fourth-order valence-electron chi connectivity index (χ4n) is 1.98. The molecule has 2 rings (SSSR count). The lowest BCUT2D eigenvalue weighted by molar-refractivity contribution is -0.385. The minimum Gasteiger partial charge on any atom is -0.348 e. The van der Waals surface area contributed by atoms with E-state index < -0.39 is 16.6 Å². The quantitative estimate of drug-likeness (QED) is 0.694. The molecule has 108 valence electrons. The number of rotatable bonds is 4. The Labute approximate surface area is 120 Å². The van der Waals surface area contributed by atoms with Gasteiger partial charge < -0.3 is 5.32 Å². The second-order valence-corrected chi connectivity index (χ2v) is 4.48. The van der Waals surface area contributed by atoms with Crippen LogP contribution in [0.4, 0.5) is 10.1 Å². The maximum Gasteiger partial charge on any atom is 0.273 e. The first-order chi connectivity index (χ1) is 10.0. The average molecular weight is 288 g/mol. The van der Waals surface area contributed by atoms with Gasteiger partial charge in [-0.15, -0.1) is 0 Å². The van der Waals surface area contributed by atoms with Crippen molar-refractivity contribution in [3.05, 3.63) is 75.1 Å². The Morgan fingerprint density at radius 3 is 2.62 bits per heavy atom. The molecule has 0 saturated heterocycles. The smallest absolute Gasteiger partial charge is 0.273 e. The van der Waals surface area contributed by atoms with E-state index in [1.165, 1.54) is 31.2 Å². The molecular weight excluding hydrogens is 275 g/mol. The number of hydrogen-bond acceptors (Lipinski definition) is 3. The first kappa shape index (κ1) is 14.6. The zero-order valence-electron chi connectivity index (χ0n) is 11.3. The summed E-state index contributed by atoms with van der Waals surface area (Å²) in [7, 11) is 0. The third-order valence-electron chi connectivity index (χ3n) is 3.14. The molecule has 0 heterocycles. The molecule has 5 nitrogen and oxygen atoms in total. The van der Waals surface area contributed by atoms with Gasteiger partial charge in [0.25, 0.3) is 11.6 Å². The van der Waals surface area contributed by atoms with E-state index in [1.54, 1.807) is 18.2 Å². The zero-order chi connectivity index (χ0) is 15.4. The molecule has 21 heavy (non-hydrogen) atoms. The molecule has 0 unspecified atom stereocenters. The SMILES string of the molecule is Cc1c(C(=O)NCc2ccccc2F)cccc1[N+](=O)[O-]. The van der Waals surface area contributed by atoms with Crippen LogP contribution in [0.2, 0.25) is 0 Å². The first-order valence-corrected chi connectivity index (χ1v) is 6.26. The number of benzene rings is 2. The monoisotopic (exact) mass is 288 g/mol. The van der Waals surface area contributed by atoms with Crippen LogP contribution in [0.1, 0.15) is 21.5 Å². The van der Waals surface area contributed by atoms with Crippen molar-refractivity contribution in [2.24, 2.45) is 0 Å². The van der Waals surface area contributed by atoms with E-state index in [0.29, 0.717) is 5.56 Å². The Morgan fingerprint density at radius 1 is 1.24 bits per heavy atom. The summed E-state index contributed by atoms with van der Waals surface area (Å²) < 4.78 is 13.5. The zero-order valence-corrected chi connectivity index (χ0v) is 11.3. The summed E-state index contributed by atoms with van der Waals surface area (Å²) in [6, 6.07) is 10.4. The van der Waals surface area contributed by atoms with Crippen LogP contribution in [0.15, 0.2) is 42.5 Å². The van der Waals surface area contributed by atoms with Gasteiger partial charge in [-0.1, -0.05) is 24.3 Å². The standard InChI is InChI=1S/C15H13FN2O3/c1-10-12(6-4-8-14(10)18(20)21)15(19)17-9-11-5-2-3-7-13(11)16/h2-8H,9H2,1H3,(H,17,19). The van der Waals surface area contributed by atoms with E-state index in [2.05, 4.69) is 5.32 Å². The number of nitro benzene ring substituents is 1. The fraction of sp³-hybridized carbons (Fsp3) is 0.133. The van der Waals surface area contributed by atoms with E-state index in [1.807, 2.05) is 0 Å². The van der Waals surface area contributed by atoms with Crippen LogP contribution in [-0.2, 0) is 6.54 Å². The summed E-state index contributed by atoms with van der Waals surface area (Å²) in [5.41, 5.74) is 0.733. The van der Waals surface area contributed by atoms with E-state index in [-0.39, 0.29) is 23.4 Å². The second kappa shape index (κ2) is 6.13.